The number of nitrogen functional groups attached to an aromatic ring is 1. The topological polar surface area (TPSA) is 200 Å². The summed E-state index contributed by atoms with van der Waals surface area (Å²) >= 11 is 7.15. The quantitative estimate of drug-likeness (QED) is 0.0159. The minimum atomic E-state index is -1.28. The van der Waals surface area contributed by atoms with Gasteiger partial charge in [-0.25, -0.2) is 14.8 Å². The normalized spacial score (nSPS) is 12.5. The number of methoxy groups -OCH3 is 1. The van der Waals surface area contributed by atoms with E-state index in [9.17, 15) is 24.3 Å². The van der Waals surface area contributed by atoms with Gasteiger partial charge in [0, 0.05) is 55.7 Å². The lowest BCUT2D eigenvalue weighted by molar-refractivity contribution is -0.149. The number of benzene rings is 2. The summed E-state index contributed by atoms with van der Waals surface area (Å²) in [4.78, 5) is 62.5. The number of carbonyl (C=O) groups excluding carboxylic acids is 4. The molecule has 14 nitrogen and oxygen atoms in total. The number of aryl methyl sites for hydroxylation is 1. The number of nitrogens with two attached hydrogens (primary N) is 1. The molecule has 0 spiro atoms. The van der Waals surface area contributed by atoms with E-state index in [1.165, 1.54) is 147 Å². The second kappa shape index (κ2) is 42.9. The summed E-state index contributed by atoms with van der Waals surface area (Å²) in [5, 5.41) is 20.2. The molecule has 0 aliphatic rings. The maximum absolute atomic E-state index is 13.9. The summed E-state index contributed by atoms with van der Waals surface area (Å²) in [7, 11) is 1.19. The Morgan fingerprint density at radius 3 is 1.74 bits per heavy atom. The molecule has 0 radical (unpaired) electrons. The molecule has 0 aliphatic carbocycles. The number of hydrogen-bond donors (Lipinski definition) is 5. The molecular formula is C66H105N7O7S2. The second-order valence-electron chi connectivity index (χ2n) is 22.6. The van der Waals surface area contributed by atoms with Crippen LogP contribution in [0.4, 0.5) is 5.82 Å². The van der Waals surface area contributed by atoms with E-state index in [0.29, 0.717) is 50.3 Å². The van der Waals surface area contributed by atoms with Crippen LogP contribution >= 0.6 is 24.0 Å². The summed E-state index contributed by atoms with van der Waals surface area (Å²) < 4.78 is 13.2. The van der Waals surface area contributed by atoms with Crippen LogP contribution in [0.1, 0.15) is 243 Å². The zero-order valence-electron chi connectivity index (χ0n) is 50.9. The van der Waals surface area contributed by atoms with Crippen molar-refractivity contribution in [1.29, 1.82) is 0 Å². The molecule has 1 amide bonds. The number of nitrogens with zero attached hydrogens (tertiary/aromatic N) is 3. The molecule has 16 heteroatoms. The van der Waals surface area contributed by atoms with Crippen LogP contribution in [0.3, 0.4) is 0 Å². The Bertz CT molecular complexity index is 2430. The lowest BCUT2D eigenvalue weighted by atomic mass is 10.0. The van der Waals surface area contributed by atoms with E-state index < -0.39 is 36.7 Å². The molecule has 1 unspecified atom stereocenters. The number of aliphatic hydroxyl groups excluding tert-OH is 1. The largest absolute Gasteiger partial charge is 0.467 e. The van der Waals surface area contributed by atoms with E-state index in [1.807, 2.05) is 30.3 Å². The van der Waals surface area contributed by atoms with E-state index >= 15 is 0 Å². The standard InChI is InChI=1S/C66H105N7O7S2/c1-5-8-11-13-15-17-19-21-23-25-27-29-31-35-53(75)44-45-54(80-60(76)39-32-30-28-26-24-22-20-18-16-14-12-9-6-2)49-82-50-58(64(77)70-57(48-74)65(78)79-4)71-66(81)68-46-51-40-42-52(43-41-51)47-73-59(38-10-7-3)72-61-62(73)55-36-33-34-37-56(55)69-63(61)67/h33-34,36-37,40-43,54,57-58,74H,5-32,35,38-39,44-50H2,1-4H3,(H2,67,69)(H,70,77)(H2,68,71,81)/t54-,57+,58?/m1/s1. The number of ether oxygens (including phenoxy) is 2. The van der Waals surface area contributed by atoms with Gasteiger partial charge in [-0.2, -0.15) is 11.8 Å². The van der Waals surface area contributed by atoms with Gasteiger partial charge in [-0.15, -0.1) is 0 Å². The van der Waals surface area contributed by atoms with Crippen molar-refractivity contribution in [2.75, 3.05) is 31.0 Å². The summed E-state index contributed by atoms with van der Waals surface area (Å²) in [6.45, 7) is 6.99. The van der Waals surface area contributed by atoms with E-state index in [-0.39, 0.29) is 22.6 Å². The van der Waals surface area contributed by atoms with Gasteiger partial charge in [0.15, 0.2) is 17.0 Å². The molecule has 4 rings (SSSR count). The maximum atomic E-state index is 13.9. The van der Waals surface area contributed by atoms with E-state index in [4.69, 9.17) is 32.4 Å². The molecule has 2 heterocycles. The summed E-state index contributed by atoms with van der Waals surface area (Å²) in [5.74, 6) is 0.490. The highest BCUT2D eigenvalue weighted by Crippen LogP contribution is 2.30. The number of ketones is 1. The fourth-order valence-electron chi connectivity index (χ4n) is 10.5. The SMILES string of the molecule is CCCCCCCCCCCCCCCC(=O)CC[C@H](CSCC(NC(=S)NCc1ccc(Cn2c(CCCC)nc3c(N)nc4ccccc4c32)cc1)C(=O)N[C@@H](CO)C(=O)OC)OC(=O)CCCCCCCCCCCCCCC. The van der Waals surface area contributed by atoms with Crippen LogP contribution in [-0.4, -0.2) is 91.8 Å². The van der Waals surface area contributed by atoms with E-state index in [0.717, 1.165) is 96.7 Å². The molecule has 6 N–H and O–H groups in total. The highest BCUT2D eigenvalue weighted by atomic mass is 32.2. The van der Waals surface area contributed by atoms with Gasteiger partial charge in [0.05, 0.1) is 24.8 Å². The molecular weight excluding hydrogens is 1070 g/mol. The van der Waals surface area contributed by atoms with Gasteiger partial charge < -0.3 is 40.8 Å². The van der Waals surface area contributed by atoms with Gasteiger partial charge in [-0.05, 0) is 55.1 Å². The number of fused-ring (bicyclic) bond motifs is 3. The Hall–Kier alpha value is -4.80. The van der Waals surface area contributed by atoms with Gasteiger partial charge in [0.25, 0.3) is 0 Å². The van der Waals surface area contributed by atoms with Crippen molar-refractivity contribution in [1.82, 2.24) is 30.5 Å². The van der Waals surface area contributed by atoms with Crippen LogP contribution < -0.4 is 21.7 Å². The molecule has 0 fully saturated rings. The first kappa shape index (κ1) is 69.7. The van der Waals surface area contributed by atoms with Crippen molar-refractivity contribution < 1.29 is 33.8 Å². The number of unbranched alkanes of at least 4 members (excludes halogenated alkanes) is 25. The fourth-order valence-corrected chi connectivity index (χ4v) is 11.8. The van der Waals surface area contributed by atoms with Crippen molar-refractivity contribution in [2.45, 2.75) is 264 Å². The van der Waals surface area contributed by atoms with E-state index in [1.54, 1.807) is 0 Å². The van der Waals surface area contributed by atoms with Gasteiger partial charge in [-0.1, -0.05) is 224 Å². The van der Waals surface area contributed by atoms with Crippen molar-refractivity contribution in [3.8, 4) is 0 Å². The molecule has 0 saturated heterocycles. The zero-order chi connectivity index (χ0) is 59.0. The number of aromatic nitrogens is 3. The van der Waals surface area contributed by atoms with Crippen molar-refractivity contribution in [3.05, 3.63) is 65.5 Å². The van der Waals surface area contributed by atoms with Crippen LogP contribution in [-0.2, 0) is 48.2 Å². The number of rotatable bonds is 48. The van der Waals surface area contributed by atoms with Crippen LogP contribution in [0.15, 0.2) is 48.5 Å². The third-order valence-electron chi connectivity index (χ3n) is 15.5. The number of thioether (sulfide) groups is 1. The number of nitrogens with one attached hydrogen (secondary N) is 3. The number of hydrogen-bond acceptors (Lipinski definition) is 12. The number of Topliss-reactive ketones (excluding diaryl/α,β-unsaturated/α-hetero) is 1. The third kappa shape index (κ3) is 27.7. The maximum Gasteiger partial charge on any atom is 0.330 e. The number of imidazole rings is 1. The number of aliphatic hydroxyl groups is 1. The van der Waals surface area contributed by atoms with Crippen LogP contribution in [0.2, 0.25) is 0 Å². The first-order valence-electron chi connectivity index (χ1n) is 31.9. The van der Waals surface area contributed by atoms with Crippen LogP contribution in [0.5, 0.6) is 0 Å². The Labute approximate surface area is 502 Å². The number of anilines is 1. The third-order valence-corrected chi connectivity index (χ3v) is 17.0. The minimum Gasteiger partial charge on any atom is -0.467 e. The Kier molecular flexibility index (Phi) is 36.5. The number of amides is 1. The molecule has 4 aromatic rings. The molecule has 0 saturated carbocycles. The van der Waals surface area contributed by atoms with Crippen LogP contribution in [0, 0.1) is 0 Å². The van der Waals surface area contributed by atoms with Crippen molar-refractivity contribution in [2.24, 2.45) is 0 Å². The average Bonchev–Trinajstić information content (AvgIpc) is 3.03. The Morgan fingerprint density at radius 1 is 0.646 bits per heavy atom. The molecule has 82 heavy (non-hydrogen) atoms. The molecule has 458 valence electrons. The second-order valence-corrected chi connectivity index (χ2v) is 24.1. The van der Waals surface area contributed by atoms with Crippen LogP contribution in [0.25, 0.3) is 21.9 Å². The van der Waals surface area contributed by atoms with Gasteiger partial charge in [0.1, 0.15) is 29.3 Å². The van der Waals surface area contributed by atoms with Crippen molar-refractivity contribution in [3.63, 3.8) is 0 Å². The lowest BCUT2D eigenvalue weighted by Crippen LogP contribution is -2.55. The highest BCUT2D eigenvalue weighted by molar-refractivity contribution is 7.99. The molecule has 2 aromatic carbocycles. The molecule has 3 atom stereocenters. The predicted octanol–water partition coefficient (Wildman–Crippen LogP) is 14.5. The number of carbonyl (C=O) groups is 4. The predicted molar refractivity (Wildman–Crippen MR) is 343 cm³/mol. The molecule has 0 aliphatic heterocycles. The smallest absolute Gasteiger partial charge is 0.330 e. The minimum absolute atomic E-state index is 0.175. The summed E-state index contributed by atoms with van der Waals surface area (Å²) in [6, 6.07) is 14.0. The number of para-hydroxylation sites is 1. The zero-order valence-corrected chi connectivity index (χ0v) is 52.5. The Balaban J connectivity index is 1.33. The van der Waals surface area contributed by atoms with E-state index in [2.05, 4.69) is 64.5 Å². The molecule has 0 bridgehead atoms. The van der Waals surface area contributed by atoms with Gasteiger partial charge in [0.2, 0.25) is 5.91 Å². The monoisotopic (exact) mass is 1170 g/mol. The van der Waals surface area contributed by atoms with Gasteiger partial charge >= 0.3 is 11.9 Å². The number of pyridine rings is 1. The first-order chi connectivity index (χ1) is 40.0. The summed E-state index contributed by atoms with van der Waals surface area (Å²) in [6.07, 6.45) is 35.9. The van der Waals surface area contributed by atoms with Gasteiger partial charge in [-0.3, -0.25) is 14.4 Å². The Morgan fingerprint density at radius 2 is 1.18 bits per heavy atom. The highest BCUT2D eigenvalue weighted by Gasteiger charge is 2.28. The van der Waals surface area contributed by atoms with Crippen molar-refractivity contribution >= 4 is 80.5 Å². The fraction of sp³-hybridized carbons (Fsp3) is 0.682. The average molecular weight is 1170 g/mol. The first-order valence-corrected chi connectivity index (χ1v) is 33.5. The summed E-state index contributed by atoms with van der Waals surface area (Å²) in [5.41, 5.74) is 11.0. The lowest BCUT2D eigenvalue weighted by Gasteiger charge is -2.24. The molecule has 2 aromatic heterocycles. The number of thiocarbonyl (C=S) groups is 1. The number of esters is 2.